The predicted octanol–water partition coefficient (Wildman–Crippen LogP) is 3.41. The van der Waals surface area contributed by atoms with Gasteiger partial charge in [0.05, 0.1) is 4.92 Å². The summed E-state index contributed by atoms with van der Waals surface area (Å²) in [6, 6.07) is 3.97. The number of hydrogen-bond acceptors (Lipinski definition) is 3. The summed E-state index contributed by atoms with van der Waals surface area (Å²) >= 11 is 5.76. The Balaban J connectivity index is 2.73. The molecule has 6 heteroatoms. The van der Waals surface area contributed by atoms with Gasteiger partial charge in [-0.2, -0.15) is 0 Å². The van der Waals surface area contributed by atoms with Crippen molar-refractivity contribution in [1.29, 1.82) is 0 Å². The molecule has 0 heterocycles. The zero-order valence-electron chi connectivity index (χ0n) is 11.0. The largest absolute Gasteiger partial charge is 0.352 e. The van der Waals surface area contributed by atoms with Crippen LogP contribution in [0.25, 0.3) is 0 Å². The Hall–Kier alpha value is -1.62. The summed E-state index contributed by atoms with van der Waals surface area (Å²) in [6.45, 7) is 4.74. The molecule has 0 saturated heterocycles. The number of rotatable bonds is 6. The maximum Gasteiger partial charge on any atom is 0.287 e. The summed E-state index contributed by atoms with van der Waals surface area (Å²) in [4.78, 5) is 21.9. The first kappa shape index (κ1) is 15.4. The van der Waals surface area contributed by atoms with E-state index in [2.05, 4.69) is 19.2 Å². The number of halogens is 1. The lowest BCUT2D eigenvalue weighted by Crippen LogP contribution is -2.28. The van der Waals surface area contributed by atoms with E-state index >= 15 is 0 Å². The van der Waals surface area contributed by atoms with Gasteiger partial charge in [0, 0.05) is 18.2 Å². The summed E-state index contributed by atoms with van der Waals surface area (Å²) in [5, 5.41) is 13.4. The summed E-state index contributed by atoms with van der Waals surface area (Å²) < 4.78 is 0. The molecule has 1 N–H and O–H groups in total. The van der Waals surface area contributed by atoms with Gasteiger partial charge in [0.25, 0.3) is 11.6 Å². The van der Waals surface area contributed by atoms with Crippen LogP contribution in [0, 0.1) is 16.0 Å². The van der Waals surface area contributed by atoms with E-state index in [0.717, 1.165) is 12.8 Å². The molecule has 0 saturated carbocycles. The molecule has 0 aliphatic rings. The second-order valence-corrected chi connectivity index (χ2v) is 4.72. The summed E-state index contributed by atoms with van der Waals surface area (Å²) in [5.41, 5.74) is 0.139. The maximum atomic E-state index is 11.9. The van der Waals surface area contributed by atoms with Gasteiger partial charge in [-0.25, -0.2) is 0 Å². The molecule has 104 valence electrons. The molecule has 0 aromatic heterocycles. The van der Waals surface area contributed by atoms with E-state index in [-0.39, 0.29) is 16.6 Å². The van der Waals surface area contributed by atoms with Crippen LogP contribution in [0.3, 0.4) is 0 Å². The van der Waals surface area contributed by atoms with Gasteiger partial charge in [-0.05, 0) is 18.1 Å². The van der Waals surface area contributed by atoms with Crippen LogP contribution < -0.4 is 5.32 Å². The summed E-state index contributed by atoms with van der Waals surface area (Å²) in [6.07, 6.45) is 2.00. The third-order valence-corrected chi connectivity index (χ3v) is 3.42. The van der Waals surface area contributed by atoms with Gasteiger partial charge >= 0.3 is 0 Å². The molecule has 0 radical (unpaired) electrons. The minimum absolute atomic E-state index is 0.0276. The predicted molar refractivity (Wildman–Crippen MR) is 74.5 cm³/mol. The van der Waals surface area contributed by atoms with Crippen molar-refractivity contribution in [2.45, 2.75) is 26.7 Å². The van der Waals surface area contributed by atoms with E-state index in [0.29, 0.717) is 18.0 Å². The Morgan fingerprint density at radius 1 is 1.42 bits per heavy atom. The monoisotopic (exact) mass is 284 g/mol. The van der Waals surface area contributed by atoms with Crippen molar-refractivity contribution in [1.82, 2.24) is 5.32 Å². The van der Waals surface area contributed by atoms with E-state index in [1.165, 1.54) is 18.2 Å². The van der Waals surface area contributed by atoms with Crippen molar-refractivity contribution in [2.24, 2.45) is 5.92 Å². The molecule has 1 aromatic carbocycles. The lowest BCUT2D eigenvalue weighted by molar-refractivity contribution is -0.384. The molecule has 0 fully saturated rings. The maximum absolute atomic E-state index is 11.9. The Labute approximate surface area is 117 Å². The Kier molecular flexibility index (Phi) is 5.76. The molecule has 0 bridgehead atoms. The minimum atomic E-state index is -0.575. The van der Waals surface area contributed by atoms with Crippen LogP contribution in [0.15, 0.2) is 18.2 Å². The van der Waals surface area contributed by atoms with Gasteiger partial charge in [-0.15, -0.1) is 0 Å². The van der Waals surface area contributed by atoms with Crippen LogP contribution >= 0.6 is 11.6 Å². The fourth-order valence-electron chi connectivity index (χ4n) is 1.71. The summed E-state index contributed by atoms with van der Waals surface area (Å²) in [5.74, 6) is 0.182. The van der Waals surface area contributed by atoms with Crippen molar-refractivity contribution >= 4 is 23.2 Å². The smallest absolute Gasteiger partial charge is 0.287 e. The highest BCUT2D eigenvalue weighted by Crippen LogP contribution is 2.24. The van der Waals surface area contributed by atoms with Crippen LogP contribution in [0.2, 0.25) is 5.02 Å². The lowest BCUT2D eigenvalue weighted by Gasteiger charge is -2.13. The second-order valence-electron chi connectivity index (χ2n) is 4.32. The van der Waals surface area contributed by atoms with E-state index in [9.17, 15) is 14.9 Å². The first-order valence-corrected chi connectivity index (χ1v) is 6.59. The molecule has 1 rings (SSSR count). The van der Waals surface area contributed by atoms with Gasteiger partial charge in [-0.1, -0.05) is 38.3 Å². The van der Waals surface area contributed by atoms with E-state index in [1.54, 1.807) is 0 Å². The van der Waals surface area contributed by atoms with Crippen LogP contribution in [0.1, 0.15) is 37.0 Å². The molecular formula is C13H17ClN2O3. The zero-order chi connectivity index (χ0) is 14.4. The molecule has 19 heavy (non-hydrogen) atoms. The number of nitro groups is 1. The highest BCUT2D eigenvalue weighted by molar-refractivity contribution is 6.33. The fourth-order valence-corrected chi connectivity index (χ4v) is 1.96. The van der Waals surface area contributed by atoms with Gasteiger partial charge < -0.3 is 5.32 Å². The molecular weight excluding hydrogens is 268 g/mol. The molecule has 5 nitrogen and oxygen atoms in total. The van der Waals surface area contributed by atoms with Crippen LogP contribution in [-0.2, 0) is 0 Å². The van der Waals surface area contributed by atoms with Crippen LogP contribution in [-0.4, -0.2) is 17.4 Å². The standard InChI is InChI=1S/C13H17ClN2O3/c1-3-9(4-2)8-15-13(17)10-5-6-12(16(18)19)11(14)7-10/h5-7,9H,3-4,8H2,1-2H3,(H,15,17). The van der Waals surface area contributed by atoms with Crippen molar-refractivity contribution in [3.63, 3.8) is 0 Å². The van der Waals surface area contributed by atoms with Gasteiger partial charge in [0.15, 0.2) is 0 Å². The molecule has 0 unspecified atom stereocenters. The van der Waals surface area contributed by atoms with Crippen molar-refractivity contribution in [3.05, 3.63) is 38.9 Å². The number of benzene rings is 1. The van der Waals surface area contributed by atoms with Gasteiger partial charge in [-0.3, -0.25) is 14.9 Å². The quantitative estimate of drug-likeness (QED) is 0.642. The Bertz CT molecular complexity index is 473. The summed E-state index contributed by atoms with van der Waals surface area (Å²) in [7, 11) is 0. The first-order valence-electron chi connectivity index (χ1n) is 6.21. The molecule has 1 aromatic rings. The minimum Gasteiger partial charge on any atom is -0.352 e. The number of nitro benzene ring substituents is 1. The molecule has 1 amide bonds. The highest BCUT2D eigenvalue weighted by Gasteiger charge is 2.15. The molecule has 0 aliphatic carbocycles. The number of hydrogen-bond donors (Lipinski definition) is 1. The van der Waals surface area contributed by atoms with Crippen LogP contribution in [0.5, 0.6) is 0 Å². The van der Waals surface area contributed by atoms with Crippen molar-refractivity contribution in [2.75, 3.05) is 6.54 Å². The van der Waals surface area contributed by atoms with E-state index in [4.69, 9.17) is 11.6 Å². The van der Waals surface area contributed by atoms with E-state index in [1.807, 2.05) is 0 Å². The third kappa shape index (κ3) is 4.21. The first-order chi connectivity index (χ1) is 8.99. The average Bonchev–Trinajstić information content (AvgIpc) is 2.39. The molecule has 0 atom stereocenters. The third-order valence-electron chi connectivity index (χ3n) is 3.11. The number of nitrogens with zero attached hydrogens (tertiary/aromatic N) is 1. The van der Waals surface area contributed by atoms with Crippen molar-refractivity contribution < 1.29 is 9.72 Å². The zero-order valence-corrected chi connectivity index (χ0v) is 11.7. The molecule has 0 spiro atoms. The number of nitrogens with one attached hydrogen (secondary N) is 1. The number of carbonyl (C=O) groups is 1. The Morgan fingerprint density at radius 3 is 2.53 bits per heavy atom. The topological polar surface area (TPSA) is 72.2 Å². The average molecular weight is 285 g/mol. The Morgan fingerprint density at radius 2 is 2.05 bits per heavy atom. The van der Waals surface area contributed by atoms with Gasteiger partial charge in [0.1, 0.15) is 5.02 Å². The second kappa shape index (κ2) is 7.09. The lowest BCUT2D eigenvalue weighted by atomic mass is 10.0. The molecule has 0 aliphatic heterocycles. The SMILES string of the molecule is CCC(CC)CNC(=O)c1ccc([N+](=O)[O-])c(Cl)c1. The van der Waals surface area contributed by atoms with Gasteiger partial charge in [0.2, 0.25) is 0 Å². The fraction of sp³-hybridized carbons (Fsp3) is 0.462. The van der Waals surface area contributed by atoms with E-state index < -0.39 is 4.92 Å². The van der Waals surface area contributed by atoms with Crippen LogP contribution in [0.4, 0.5) is 5.69 Å². The number of carbonyl (C=O) groups excluding carboxylic acids is 1. The number of amides is 1. The highest BCUT2D eigenvalue weighted by atomic mass is 35.5. The van der Waals surface area contributed by atoms with Crippen molar-refractivity contribution in [3.8, 4) is 0 Å². The normalized spacial score (nSPS) is 10.5.